The lowest BCUT2D eigenvalue weighted by Gasteiger charge is -2.37. The zero-order chi connectivity index (χ0) is 13.5. The molecule has 0 saturated carbocycles. The Morgan fingerprint density at radius 3 is 2.11 bits per heavy atom. The first-order valence-electron chi connectivity index (χ1n) is 7.49. The summed E-state index contributed by atoms with van der Waals surface area (Å²) in [6, 6.07) is 2.52. The smallest absolute Gasteiger partial charge is 0.0976 e. The van der Waals surface area contributed by atoms with Gasteiger partial charge in [0.05, 0.1) is 25.3 Å². The molecule has 2 aliphatic heterocycles. The Labute approximate surface area is 116 Å². The summed E-state index contributed by atoms with van der Waals surface area (Å²) in [7, 11) is 0. The minimum Gasteiger partial charge on any atom is -0.379 e. The number of nitrogens with zero attached hydrogens (tertiary/aromatic N) is 4. The Morgan fingerprint density at radius 1 is 1.00 bits per heavy atom. The number of morpholine rings is 1. The van der Waals surface area contributed by atoms with Crippen LogP contribution in [0.2, 0.25) is 0 Å². The number of nitriles is 1. The Kier molecular flexibility index (Phi) is 6.05. The molecule has 0 aromatic heterocycles. The molecule has 1 atom stereocenters. The molecule has 2 saturated heterocycles. The maximum atomic E-state index is 9.09. The molecule has 2 aliphatic rings. The molecule has 1 unspecified atom stereocenters. The predicted molar refractivity (Wildman–Crippen MR) is 75.0 cm³/mol. The van der Waals surface area contributed by atoms with Gasteiger partial charge in [0.15, 0.2) is 0 Å². The number of hydrogen-bond acceptors (Lipinski definition) is 5. The molecule has 5 heteroatoms. The van der Waals surface area contributed by atoms with E-state index in [-0.39, 0.29) is 6.04 Å². The summed E-state index contributed by atoms with van der Waals surface area (Å²) < 4.78 is 5.36. The lowest BCUT2D eigenvalue weighted by atomic mass is 10.2. The van der Waals surface area contributed by atoms with Crippen molar-refractivity contribution in [2.24, 2.45) is 0 Å². The maximum Gasteiger partial charge on any atom is 0.0976 e. The van der Waals surface area contributed by atoms with Crippen LogP contribution in [0.15, 0.2) is 0 Å². The second kappa shape index (κ2) is 7.81. The molecular weight excluding hydrogens is 240 g/mol. The molecule has 2 fully saturated rings. The van der Waals surface area contributed by atoms with Crippen LogP contribution < -0.4 is 0 Å². The van der Waals surface area contributed by atoms with Gasteiger partial charge in [0, 0.05) is 52.4 Å². The van der Waals surface area contributed by atoms with Gasteiger partial charge in [0.25, 0.3) is 0 Å². The van der Waals surface area contributed by atoms with Gasteiger partial charge in [-0.05, 0) is 6.42 Å². The molecular formula is C14H26N4O. The van der Waals surface area contributed by atoms with E-state index in [1.165, 1.54) is 0 Å². The molecule has 2 rings (SSSR count). The fourth-order valence-electron chi connectivity index (χ4n) is 2.84. The van der Waals surface area contributed by atoms with Crippen LogP contribution in [0.4, 0.5) is 0 Å². The molecule has 108 valence electrons. The minimum atomic E-state index is 0.112. The topological polar surface area (TPSA) is 42.7 Å². The Morgan fingerprint density at radius 2 is 1.58 bits per heavy atom. The minimum absolute atomic E-state index is 0.112. The number of piperazine rings is 1. The van der Waals surface area contributed by atoms with E-state index in [9.17, 15) is 0 Å². The summed E-state index contributed by atoms with van der Waals surface area (Å²) in [5.41, 5.74) is 0. The molecule has 0 aromatic carbocycles. The summed E-state index contributed by atoms with van der Waals surface area (Å²) in [5.74, 6) is 0. The van der Waals surface area contributed by atoms with Gasteiger partial charge in [-0.3, -0.25) is 14.7 Å². The van der Waals surface area contributed by atoms with Gasteiger partial charge in [0.1, 0.15) is 0 Å². The summed E-state index contributed by atoms with van der Waals surface area (Å²) in [5, 5.41) is 9.09. The standard InChI is InChI=1S/C14H26N4O/c1-2-14(13-15)18-7-5-16(6-8-18)3-4-17-9-11-19-12-10-17/h14H,2-12H2,1H3. The van der Waals surface area contributed by atoms with Crippen LogP contribution in [-0.4, -0.2) is 86.3 Å². The third-order valence-electron chi connectivity index (χ3n) is 4.22. The van der Waals surface area contributed by atoms with Gasteiger partial charge in [-0.25, -0.2) is 0 Å². The van der Waals surface area contributed by atoms with Crippen LogP contribution in [0.25, 0.3) is 0 Å². The zero-order valence-electron chi connectivity index (χ0n) is 12.1. The molecule has 0 radical (unpaired) electrons. The first kappa shape index (κ1) is 14.7. The highest BCUT2D eigenvalue weighted by Gasteiger charge is 2.22. The SMILES string of the molecule is CCC(C#N)N1CCN(CCN2CCOCC2)CC1. The van der Waals surface area contributed by atoms with Crippen molar-refractivity contribution in [2.45, 2.75) is 19.4 Å². The van der Waals surface area contributed by atoms with Gasteiger partial charge in [-0.2, -0.15) is 5.26 Å². The normalized spacial score (nSPS) is 25.1. The van der Waals surface area contributed by atoms with Crippen molar-refractivity contribution >= 4 is 0 Å². The molecule has 0 amide bonds. The Balaban J connectivity index is 1.64. The summed E-state index contributed by atoms with van der Waals surface area (Å²) in [6.07, 6.45) is 0.935. The van der Waals surface area contributed by atoms with Gasteiger partial charge >= 0.3 is 0 Å². The molecule has 19 heavy (non-hydrogen) atoms. The van der Waals surface area contributed by atoms with Crippen LogP contribution in [0.1, 0.15) is 13.3 Å². The third kappa shape index (κ3) is 4.43. The van der Waals surface area contributed by atoms with Crippen molar-refractivity contribution in [1.29, 1.82) is 5.26 Å². The van der Waals surface area contributed by atoms with E-state index in [0.717, 1.165) is 72.0 Å². The van der Waals surface area contributed by atoms with Crippen LogP contribution in [0.5, 0.6) is 0 Å². The quantitative estimate of drug-likeness (QED) is 0.713. The van der Waals surface area contributed by atoms with E-state index < -0.39 is 0 Å². The molecule has 0 bridgehead atoms. The molecule has 5 nitrogen and oxygen atoms in total. The van der Waals surface area contributed by atoms with Crippen molar-refractivity contribution in [1.82, 2.24) is 14.7 Å². The highest BCUT2D eigenvalue weighted by atomic mass is 16.5. The fourth-order valence-corrected chi connectivity index (χ4v) is 2.84. The number of ether oxygens (including phenoxy) is 1. The average Bonchev–Trinajstić information content (AvgIpc) is 2.49. The van der Waals surface area contributed by atoms with Gasteiger partial charge in [0.2, 0.25) is 0 Å². The second-order valence-electron chi connectivity index (χ2n) is 5.38. The average molecular weight is 266 g/mol. The molecule has 2 heterocycles. The van der Waals surface area contributed by atoms with Crippen LogP contribution >= 0.6 is 0 Å². The lowest BCUT2D eigenvalue weighted by molar-refractivity contribution is 0.0290. The van der Waals surface area contributed by atoms with Crippen molar-refractivity contribution in [3.63, 3.8) is 0 Å². The van der Waals surface area contributed by atoms with E-state index in [2.05, 4.69) is 27.7 Å². The van der Waals surface area contributed by atoms with Gasteiger partial charge in [-0.15, -0.1) is 0 Å². The van der Waals surface area contributed by atoms with Gasteiger partial charge < -0.3 is 4.74 Å². The first-order valence-corrected chi connectivity index (χ1v) is 7.49. The summed E-state index contributed by atoms with van der Waals surface area (Å²) in [4.78, 5) is 7.33. The van der Waals surface area contributed by atoms with Crippen LogP contribution in [0, 0.1) is 11.3 Å². The third-order valence-corrected chi connectivity index (χ3v) is 4.22. The van der Waals surface area contributed by atoms with Crippen molar-refractivity contribution in [3.05, 3.63) is 0 Å². The molecule has 0 spiro atoms. The molecule has 0 aliphatic carbocycles. The second-order valence-corrected chi connectivity index (χ2v) is 5.38. The zero-order valence-corrected chi connectivity index (χ0v) is 12.1. The number of rotatable bonds is 5. The van der Waals surface area contributed by atoms with Crippen LogP contribution in [-0.2, 0) is 4.74 Å². The summed E-state index contributed by atoms with van der Waals surface area (Å²) >= 11 is 0. The van der Waals surface area contributed by atoms with E-state index in [4.69, 9.17) is 10.00 Å². The molecule has 0 N–H and O–H groups in total. The Hall–Kier alpha value is -0.670. The highest BCUT2D eigenvalue weighted by Crippen LogP contribution is 2.08. The van der Waals surface area contributed by atoms with Gasteiger partial charge in [-0.1, -0.05) is 6.92 Å². The van der Waals surface area contributed by atoms with Crippen LogP contribution in [0.3, 0.4) is 0 Å². The van der Waals surface area contributed by atoms with E-state index >= 15 is 0 Å². The predicted octanol–water partition coefficient (Wildman–Crippen LogP) is 0.238. The van der Waals surface area contributed by atoms with Crippen molar-refractivity contribution < 1.29 is 4.74 Å². The largest absolute Gasteiger partial charge is 0.379 e. The summed E-state index contributed by atoms with van der Waals surface area (Å²) in [6.45, 7) is 12.6. The van der Waals surface area contributed by atoms with E-state index in [1.807, 2.05) is 0 Å². The lowest BCUT2D eigenvalue weighted by Crippen LogP contribution is -2.51. The first-order chi connectivity index (χ1) is 9.33. The highest BCUT2D eigenvalue weighted by molar-refractivity contribution is 4.92. The maximum absolute atomic E-state index is 9.09. The van der Waals surface area contributed by atoms with Crippen molar-refractivity contribution in [2.75, 3.05) is 65.6 Å². The monoisotopic (exact) mass is 266 g/mol. The van der Waals surface area contributed by atoms with E-state index in [0.29, 0.717) is 0 Å². The number of hydrogen-bond donors (Lipinski definition) is 0. The fraction of sp³-hybridized carbons (Fsp3) is 0.929. The van der Waals surface area contributed by atoms with Crippen molar-refractivity contribution in [3.8, 4) is 6.07 Å². The Bertz CT molecular complexity index is 290. The molecule has 0 aromatic rings. The van der Waals surface area contributed by atoms with E-state index in [1.54, 1.807) is 0 Å².